The largest absolute Gasteiger partial charge is 0.573 e. The van der Waals surface area contributed by atoms with E-state index in [0.29, 0.717) is 6.42 Å². The van der Waals surface area contributed by atoms with Crippen LogP contribution in [0.25, 0.3) is 0 Å². The van der Waals surface area contributed by atoms with Gasteiger partial charge in [-0.2, -0.15) is 4.31 Å². The summed E-state index contributed by atoms with van der Waals surface area (Å²) >= 11 is 1.49. The molecule has 1 aromatic carbocycles. The fraction of sp³-hybridized carbons (Fsp3) is 0.438. The molecule has 1 aliphatic rings. The summed E-state index contributed by atoms with van der Waals surface area (Å²) in [7, 11) is -4.14. The van der Waals surface area contributed by atoms with Gasteiger partial charge < -0.3 is 9.47 Å². The van der Waals surface area contributed by atoms with Gasteiger partial charge >= 0.3 is 6.36 Å². The summed E-state index contributed by atoms with van der Waals surface area (Å²) in [4.78, 5) is 3.76. The molecule has 148 valence electrons. The molecular formula is C16H17F3N2O4S2. The number of rotatable bonds is 6. The Morgan fingerprint density at radius 3 is 2.74 bits per heavy atom. The van der Waals surface area contributed by atoms with Crippen LogP contribution in [0, 0.1) is 6.92 Å². The van der Waals surface area contributed by atoms with Crippen LogP contribution in [0.1, 0.15) is 17.1 Å². The first-order valence-corrected chi connectivity index (χ1v) is 10.3. The molecule has 0 aliphatic carbocycles. The molecular weight excluding hydrogens is 405 g/mol. The molecule has 1 aliphatic heterocycles. The van der Waals surface area contributed by atoms with Crippen molar-refractivity contribution in [3.8, 4) is 5.75 Å². The third kappa shape index (κ3) is 4.98. The maximum absolute atomic E-state index is 12.8. The molecule has 0 N–H and O–H groups in total. The Kier molecular flexibility index (Phi) is 5.75. The number of hydrogen-bond acceptors (Lipinski definition) is 6. The van der Waals surface area contributed by atoms with Crippen molar-refractivity contribution in [3.05, 3.63) is 40.3 Å². The molecule has 27 heavy (non-hydrogen) atoms. The van der Waals surface area contributed by atoms with E-state index in [-0.39, 0.29) is 25.8 Å². The fourth-order valence-electron chi connectivity index (χ4n) is 2.74. The molecule has 0 unspecified atom stereocenters. The van der Waals surface area contributed by atoms with Crippen LogP contribution in [0.3, 0.4) is 0 Å². The van der Waals surface area contributed by atoms with Gasteiger partial charge in [0.25, 0.3) is 0 Å². The second-order valence-corrected chi connectivity index (χ2v) is 8.91. The third-order valence-electron chi connectivity index (χ3n) is 3.93. The van der Waals surface area contributed by atoms with Crippen molar-refractivity contribution in [1.82, 2.24) is 9.29 Å². The van der Waals surface area contributed by atoms with Gasteiger partial charge in [0, 0.05) is 18.5 Å². The van der Waals surface area contributed by atoms with Gasteiger partial charge in [0.2, 0.25) is 10.0 Å². The first-order valence-electron chi connectivity index (χ1n) is 8.03. The average molecular weight is 422 g/mol. The SMILES string of the molecule is Cc1nc(CO[C@H]2CCN(S(=O)(=O)c3ccccc3OC(F)(F)F)C2)cs1. The summed E-state index contributed by atoms with van der Waals surface area (Å²) in [5.41, 5.74) is 0.766. The van der Waals surface area contributed by atoms with Crippen LogP contribution < -0.4 is 4.74 Å². The molecule has 0 radical (unpaired) electrons. The van der Waals surface area contributed by atoms with Gasteiger partial charge in [0.15, 0.2) is 0 Å². The van der Waals surface area contributed by atoms with Crippen LogP contribution in [0.5, 0.6) is 5.75 Å². The van der Waals surface area contributed by atoms with Crippen LogP contribution in [-0.2, 0) is 21.4 Å². The van der Waals surface area contributed by atoms with Gasteiger partial charge in [-0.3, -0.25) is 0 Å². The molecule has 0 spiro atoms. The minimum atomic E-state index is -4.98. The van der Waals surface area contributed by atoms with Crippen molar-refractivity contribution in [2.75, 3.05) is 13.1 Å². The maximum Gasteiger partial charge on any atom is 0.573 e. The summed E-state index contributed by atoms with van der Waals surface area (Å²) in [5, 5.41) is 2.77. The van der Waals surface area contributed by atoms with E-state index < -0.39 is 27.0 Å². The van der Waals surface area contributed by atoms with Gasteiger partial charge in [0.05, 0.1) is 23.4 Å². The van der Waals surface area contributed by atoms with Crippen LogP contribution in [0.2, 0.25) is 0 Å². The normalized spacial score (nSPS) is 18.7. The monoisotopic (exact) mass is 422 g/mol. The summed E-state index contributed by atoms with van der Waals surface area (Å²) in [6.45, 7) is 2.35. The molecule has 0 amide bonds. The predicted octanol–water partition coefficient (Wildman–Crippen LogP) is 3.33. The Morgan fingerprint density at radius 1 is 1.33 bits per heavy atom. The van der Waals surface area contributed by atoms with Crippen molar-refractivity contribution in [2.24, 2.45) is 0 Å². The summed E-state index contributed by atoms with van der Waals surface area (Å²) < 4.78 is 73.9. The molecule has 1 aromatic heterocycles. The standard InChI is InChI=1S/C16H17F3N2O4S2/c1-11-20-12(10-26-11)9-24-13-6-7-21(8-13)27(22,23)15-5-3-2-4-14(15)25-16(17,18)19/h2-5,10,13H,6-9H2,1H3/t13-/m0/s1. The minimum absolute atomic E-state index is 0.0613. The fourth-order valence-corrected chi connectivity index (χ4v) is 4.94. The van der Waals surface area contributed by atoms with Crippen molar-refractivity contribution in [1.29, 1.82) is 0 Å². The number of aromatic nitrogens is 1. The molecule has 0 bridgehead atoms. The first kappa shape index (κ1) is 20.1. The van der Waals surface area contributed by atoms with Gasteiger partial charge in [-0.15, -0.1) is 24.5 Å². The second-order valence-electron chi connectivity index (χ2n) is 5.94. The summed E-state index contributed by atoms with van der Waals surface area (Å²) in [6, 6.07) is 4.72. The van der Waals surface area contributed by atoms with Crippen molar-refractivity contribution >= 4 is 21.4 Å². The van der Waals surface area contributed by atoms with E-state index in [1.54, 1.807) is 0 Å². The smallest absolute Gasteiger partial charge is 0.404 e. The number of halogens is 3. The molecule has 11 heteroatoms. The van der Waals surface area contributed by atoms with E-state index in [1.165, 1.54) is 23.5 Å². The summed E-state index contributed by atoms with van der Waals surface area (Å²) in [6.07, 6.45) is -4.88. The first-order chi connectivity index (χ1) is 12.6. The molecule has 2 heterocycles. The van der Waals surface area contributed by atoms with Gasteiger partial charge in [-0.25, -0.2) is 13.4 Å². The second kappa shape index (κ2) is 7.74. The number of benzene rings is 1. The van der Waals surface area contributed by atoms with Crippen LogP contribution in [-0.4, -0.2) is 43.3 Å². The lowest BCUT2D eigenvalue weighted by atomic mass is 10.3. The van der Waals surface area contributed by atoms with E-state index in [1.807, 2.05) is 12.3 Å². The quantitative estimate of drug-likeness (QED) is 0.714. The van der Waals surface area contributed by atoms with Gasteiger partial charge in [0.1, 0.15) is 10.6 Å². The molecule has 1 saturated heterocycles. The van der Waals surface area contributed by atoms with Crippen LogP contribution >= 0.6 is 11.3 Å². The van der Waals surface area contributed by atoms with Crippen molar-refractivity contribution in [3.63, 3.8) is 0 Å². The number of alkyl halides is 3. The highest BCUT2D eigenvalue weighted by Crippen LogP contribution is 2.32. The number of para-hydroxylation sites is 1. The lowest BCUT2D eigenvalue weighted by Crippen LogP contribution is -2.31. The van der Waals surface area contributed by atoms with E-state index in [4.69, 9.17) is 4.74 Å². The highest BCUT2D eigenvalue weighted by molar-refractivity contribution is 7.89. The highest BCUT2D eigenvalue weighted by Gasteiger charge is 2.38. The predicted molar refractivity (Wildman–Crippen MR) is 91.9 cm³/mol. The Balaban J connectivity index is 1.69. The Morgan fingerprint density at radius 2 is 2.07 bits per heavy atom. The number of thiazole rings is 1. The highest BCUT2D eigenvalue weighted by atomic mass is 32.2. The zero-order chi connectivity index (χ0) is 19.7. The molecule has 6 nitrogen and oxygen atoms in total. The molecule has 1 atom stereocenters. The average Bonchev–Trinajstić information content (AvgIpc) is 3.21. The lowest BCUT2D eigenvalue weighted by Gasteiger charge is -2.19. The van der Waals surface area contributed by atoms with E-state index in [9.17, 15) is 21.6 Å². The van der Waals surface area contributed by atoms with E-state index in [0.717, 1.165) is 27.1 Å². The number of ether oxygens (including phenoxy) is 2. The zero-order valence-corrected chi connectivity index (χ0v) is 15.9. The molecule has 2 aromatic rings. The third-order valence-corrected chi connectivity index (χ3v) is 6.66. The summed E-state index contributed by atoms with van der Waals surface area (Å²) in [5.74, 6) is -0.743. The molecule has 3 rings (SSSR count). The lowest BCUT2D eigenvalue weighted by molar-refractivity contribution is -0.275. The van der Waals surface area contributed by atoms with Crippen molar-refractivity contribution < 1.29 is 31.1 Å². The van der Waals surface area contributed by atoms with E-state index in [2.05, 4.69) is 9.72 Å². The minimum Gasteiger partial charge on any atom is -0.404 e. The van der Waals surface area contributed by atoms with Crippen molar-refractivity contribution in [2.45, 2.75) is 37.3 Å². The Bertz CT molecular complexity index is 899. The van der Waals surface area contributed by atoms with E-state index >= 15 is 0 Å². The maximum atomic E-state index is 12.8. The van der Waals surface area contributed by atoms with Crippen LogP contribution in [0.15, 0.2) is 34.5 Å². The number of aryl methyl sites for hydroxylation is 1. The number of sulfonamides is 1. The number of hydrogen-bond donors (Lipinski definition) is 0. The molecule has 0 saturated carbocycles. The van der Waals surface area contributed by atoms with Gasteiger partial charge in [-0.1, -0.05) is 12.1 Å². The Labute approximate surface area is 158 Å². The molecule has 1 fully saturated rings. The Hall–Kier alpha value is -1.69. The topological polar surface area (TPSA) is 68.7 Å². The number of nitrogens with zero attached hydrogens (tertiary/aromatic N) is 2. The zero-order valence-electron chi connectivity index (χ0n) is 14.3. The van der Waals surface area contributed by atoms with Crippen LogP contribution in [0.4, 0.5) is 13.2 Å². The van der Waals surface area contributed by atoms with Gasteiger partial charge in [-0.05, 0) is 25.5 Å².